The number of hydrogen-bond acceptors (Lipinski definition) is 3. The minimum absolute atomic E-state index is 0.748. The van der Waals surface area contributed by atoms with Crippen molar-refractivity contribution in [3.8, 4) is 0 Å². The summed E-state index contributed by atoms with van der Waals surface area (Å²) in [5, 5.41) is 3.18. The van der Waals surface area contributed by atoms with Crippen LogP contribution < -0.4 is 5.32 Å². The quantitative estimate of drug-likeness (QED) is 0.502. The van der Waals surface area contributed by atoms with Crippen LogP contribution in [0.15, 0.2) is 17.8 Å². The molecule has 1 aliphatic heterocycles. The van der Waals surface area contributed by atoms with E-state index >= 15 is 0 Å². The summed E-state index contributed by atoms with van der Waals surface area (Å²) in [7, 11) is 1.75. The molecule has 0 aromatic heterocycles. The molecule has 0 amide bonds. The molecule has 3 nitrogen and oxygen atoms in total. The molecule has 1 saturated heterocycles. The molecule has 0 bridgehead atoms. The fourth-order valence-electron chi connectivity index (χ4n) is 3.25. The van der Waals surface area contributed by atoms with Crippen molar-refractivity contribution < 1.29 is 0 Å². The molecule has 150 valence electrons. The second-order valence-electron chi connectivity index (χ2n) is 6.65. The lowest BCUT2D eigenvalue weighted by atomic mass is 10.0. The minimum Gasteiger partial charge on any atom is -0.390 e. The van der Waals surface area contributed by atoms with Crippen molar-refractivity contribution >= 4 is 6.21 Å². The normalized spacial score (nSPS) is 21.0. The van der Waals surface area contributed by atoms with Gasteiger partial charge in [0.1, 0.15) is 0 Å². The van der Waals surface area contributed by atoms with E-state index < -0.39 is 0 Å². The van der Waals surface area contributed by atoms with Gasteiger partial charge in [-0.3, -0.25) is 4.90 Å². The Bertz CT molecular complexity index is 277. The van der Waals surface area contributed by atoms with Crippen LogP contribution in [-0.4, -0.2) is 43.8 Å². The maximum absolute atomic E-state index is 3.64. The summed E-state index contributed by atoms with van der Waals surface area (Å²) in [6.07, 6.45) is 15.2. The van der Waals surface area contributed by atoms with Gasteiger partial charge in [0.2, 0.25) is 0 Å². The summed E-state index contributed by atoms with van der Waals surface area (Å²) >= 11 is 0. The summed E-state index contributed by atoms with van der Waals surface area (Å²) in [5.74, 6) is 1.03. The highest BCUT2D eigenvalue weighted by Crippen LogP contribution is 2.21. The van der Waals surface area contributed by atoms with Crippen LogP contribution >= 0.6 is 0 Å². The number of nitrogens with one attached hydrogen (secondary N) is 1. The topological polar surface area (TPSA) is 27.6 Å². The van der Waals surface area contributed by atoms with E-state index in [0.717, 1.165) is 18.5 Å². The first-order valence-electron chi connectivity index (χ1n) is 10.6. The van der Waals surface area contributed by atoms with E-state index in [1.54, 1.807) is 19.5 Å². The molecule has 1 atom stereocenters. The predicted molar refractivity (Wildman–Crippen MR) is 117 cm³/mol. The lowest BCUT2D eigenvalue weighted by Gasteiger charge is -2.22. The third-order valence-corrected chi connectivity index (χ3v) is 4.81. The van der Waals surface area contributed by atoms with Crippen LogP contribution in [0.3, 0.4) is 0 Å². The van der Waals surface area contributed by atoms with Crippen LogP contribution in [0.5, 0.6) is 0 Å². The van der Waals surface area contributed by atoms with Crippen LogP contribution in [-0.2, 0) is 0 Å². The van der Waals surface area contributed by atoms with Crippen molar-refractivity contribution in [2.24, 2.45) is 10.9 Å². The predicted octanol–water partition coefficient (Wildman–Crippen LogP) is 5.91. The van der Waals surface area contributed by atoms with Crippen LogP contribution in [0, 0.1) is 5.92 Å². The maximum Gasteiger partial charge on any atom is 0.0297 e. The zero-order chi connectivity index (χ0) is 19.3. The summed E-state index contributed by atoms with van der Waals surface area (Å²) in [6, 6.07) is 0.748. The molecule has 0 spiro atoms. The van der Waals surface area contributed by atoms with Crippen molar-refractivity contribution in [2.45, 2.75) is 92.0 Å². The van der Waals surface area contributed by atoms with E-state index in [1.807, 2.05) is 20.8 Å². The number of aliphatic imine (C=N–C) groups is 1. The van der Waals surface area contributed by atoms with Gasteiger partial charge in [-0.05, 0) is 51.2 Å². The molecule has 0 aromatic rings. The average Bonchev–Trinajstić information content (AvgIpc) is 2.99. The first-order valence-corrected chi connectivity index (χ1v) is 10.6. The van der Waals surface area contributed by atoms with E-state index in [9.17, 15) is 0 Å². The van der Waals surface area contributed by atoms with Gasteiger partial charge >= 0.3 is 0 Å². The Hall–Kier alpha value is -0.830. The fraction of sp³-hybridized carbons (Fsp3) is 0.864. The molecular weight excluding hydrogens is 306 g/mol. The molecule has 1 N–H and O–H groups in total. The molecule has 1 saturated carbocycles. The second kappa shape index (κ2) is 21.2. The first kappa shape index (κ1) is 26.4. The molecule has 25 heavy (non-hydrogen) atoms. The van der Waals surface area contributed by atoms with E-state index in [1.165, 1.54) is 64.5 Å². The fourth-order valence-corrected chi connectivity index (χ4v) is 3.25. The molecule has 2 aliphatic rings. The van der Waals surface area contributed by atoms with Gasteiger partial charge in [-0.1, -0.05) is 72.8 Å². The number of hydrogen-bond donors (Lipinski definition) is 1. The lowest BCUT2D eigenvalue weighted by Crippen LogP contribution is -2.36. The van der Waals surface area contributed by atoms with E-state index in [2.05, 4.69) is 35.6 Å². The van der Waals surface area contributed by atoms with Crippen LogP contribution in [0.1, 0.15) is 86.0 Å². The minimum atomic E-state index is 0.748. The lowest BCUT2D eigenvalue weighted by molar-refractivity contribution is 0.265. The maximum atomic E-state index is 3.64. The monoisotopic (exact) mass is 353 g/mol. The van der Waals surface area contributed by atoms with Gasteiger partial charge in [-0.15, -0.1) is 0 Å². The highest BCUT2D eigenvalue weighted by atomic mass is 15.2. The van der Waals surface area contributed by atoms with E-state index in [-0.39, 0.29) is 0 Å². The molecule has 0 radical (unpaired) electrons. The third-order valence-electron chi connectivity index (χ3n) is 4.81. The molecule has 1 aliphatic carbocycles. The summed E-state index contributed by atoms with van der Waals surface area (Å²) in [4.78, 5) is 6.14. The zero-order valence-corrected chi connectivity index (χ0v) is 18.2. The molecule has 2 fully saturated rings. The van der Waals surface area contributed by atoms with Crippen molar-refractivity contribution in [3.63, 3.8) is 0 Å². The summed E-state index contributed by atoms with van der Waals surface area (Å²) < 4.78 is 0. The summed E-state index contributed by atoms with van der Waals surface area (Å²) in [5.41, 5.74) is 0. The van der Waals surface area contributed by atoms with Crippen LogP contribution in [0.4, 0.5) is 0 Å². The Morgan fingerprint density at radius 2 is 1.64 bits per heavy atom. The SMILES string of the molecule is C=CNCC1CCCN1CC.CC.CC1CCCCCC1.CC=NC. The van der Waals surface area contributed by atoms with Gasteiger partial charge in [0.15, 0.2) is 0 Å². The molecule has 3 heteroatoms. The van der Waals surface area contributed by atoms with Crippen molar-refractivity contribution in [2.75, 3.05) is 26.7 Å². The summed E-state index contributed by atoms with van der Waals surface area (Å²) in [6.45, 7) is 17.7. The Labute approximate surface area is 159 Å². The van der Waals surface area contributed by atoms with Gasteiger partial charge in [0, 0.05) is 19.6 Å². The molecule has 1 unspecified atom stereocenters. The number of likely N-dealkylation sites (N-methyl/N-ethyl adjacent to an activating group) is 1. The standard InChI is InChI=1S/C9H18N2.C8H16.C3H7N.C2H6/c1-3-10-8-9-6-5-7-11(9)4-2;1-8-6-4-2-3-5-7-8;1-3-4-2;1-2/h3,9-10H,1,4-8H2,2H3;8H,2-7H2,1H3;3H,1-2H3;1-2H3. The van der Waals surface area contributed by atoms with Gasteiger partial charge in [0.05, 0.1) is 0 Å². The van der Waals surface area contributed by atoms with Crippen molar-refractivity contribution in [1.82, 2.24) is 10.2 Å². The number of nitrogens with zero attached hydrogens (tertiary/aromatic N) is 2. The highest BCUT2D eigenvalue weighted by molar-refractivity contribution is 5.52. The average molecular weight is 354 g/mol. The van der Waals surface area contributed by atoms with Crippen LogP contribution in [0.25, 0.3) is 0 Å². The van der Waals surface area contributed by atoms with E-state index in [4.69, 9.17) is 0 Å². The zero-order valence-electron chi connectivity index (χ0n) is 18.2. The first-order chi connectivity index (χ1) is 12.2. The Kier molecular flexibility index (Phi) is 22.4. The number of rotatable bonds is 4. The molecule has 2 rings (SSSR count). The Morgan fingerprint density at radius 3 is 2.08 bits per heavy atom. The van der Waals surface area contributed by atoms with Gasteiger partial charge in [0.25, 0.3) is 0 Å². The Morgan fingerprint density at radius 1 is 1.08 bits per heavy atom. The third kappa shape index (κ3) is 16.4. The largest absolute Gasteiger partial charge is 0.390 e. The number of likely N-dealkylation sites (tertiary alicyclic amines) is 1. The molecule has 0 aromatic carbocycles. The van der Waals surface area contributed by atoms with Gasteiger partial charge < -0.3 is 10.3 Å². The molecular formula is C22H47N3. The highest BCUT2D eigenvalue weighted by Gasteiger charge is 2.21. The van der Waals surface area contributed by atoms with Crippen molar-refractivity contribution in [1.29, 1.82) is 0 Å². The Balaban J connectivity index is 0. The van der Waals surface area contributed by atoms with Crippen LogP contribution in [0.2, 0.25) is 0 Å². The second-order valence-corrected chi connectivity index (χ2v) is 6.65. The van der Waals surface area contributed by atoms with Gasteiger partial charge in [-0.25, -0.2) is 0 Å². The van der Waals surface area contributed by atoms with Gasteiger partial charge in [-0.2, -0.15) is 0 Å². The molecule has 1 heterocycles. The smallest absolute Gasteiger partial charge is 0.0297 e. The van der Waals surface area contributed by atoms with Crippen molar-refractivity contribution in [3.05, 3.63) is 12.8 Å². The van der Waals surface area contributed by atoms with E-state index in [0.29, 0.717) is 0 Å².